The van der Waals surface area contributed by atoms with Gasteiger partial charge in [0.1, 0.15) is 24.3 Å². The van der Waals surface area contributed by atoms with Crippen molar-refractivity contribution in [1.82, 2.24) is 15.5 Å². The van der Waals surface area contributed by atoms with Gasteiger partial charge in [-0.2, -0.15) is 0 Å². The third kappa shape index (κ3) is 5.96. The normalized spacial score (nSPS) is 23.8. The van der Waals surface area contributed by atoms with Crippen LogP contribution >= 0.6 is 0 Å². The van der Waals surface area contributed by atoms with Crippen LogP contribution in [-0.4, -0.2) is 59.1 Å². The minimum absolute atomic E-state index is 0.0339. The number of carbonyl (C=O) groups is 4. The number of alkyl carbamates (subject to hydrolysis) is 1. The summed E-state index contributed by atoms with van der Waals surface area (Å²) in [5.74, 6) is -1.33. The Kier molecular flexibility index (Phi) is 6.82. The first-order valence-corrected chi connectivity index (χ1v) is 10.4. The van der Waals surface area contributed by atoms with Crippen LogP contribution in [0.2, 0.25) is 0 Å². The quantitative estimate of drug-likeness (QED) is 0.699. The number of amides is 3. The Balaban J connectivity index is 1.72. The third-order valence-corrected chi connectivity index (χ3v) is 5.17. The standard InChI is InChI=1S/C22H29N3O6/c1-22(2,3)31-21(29)24-16-11-18(26)30-13-15-9-10-17(25(15)20(16)28)19(27)23-12-14-7-5-4-6-8-14/h4-8,15-17H,9-13H2,1-3H3,(H,23,27)(H,24,29)/t15-,16+,17-/m1/s1. The molecule has 9 nitrogen and oxygen atoms in total. The maximum atomic E-state index is 13.3. The Bertz CT molecular complexity index is 835. The fourth-order valence-electron chi connectivity index (χ4n) is 3.78. The summed E-state index contributed by atoms with van der Waals surface area (Å²) in [7, 11) is 0. The van der Waals surface area contributed by atoms with Crippen molar-refractivity contribution in [1.29, 1.82) is 0 Å². The fraction of sp³-hybridized carbons (Fsp3) is 0.545. The summed E-state index contributed by atoms with van der Waals surface area (Å²) in [4.78, 5) is 51.9. The number of cyclic esters (lactones) is 1. The topological polar surface area (TPSA) is 114 Å². The first-order chi connectivity index (χ1) is 14.6. The highest BCUT2D eigenvalue weighted by molar-refractivity contribution is 5.94. The lowest BCUT2D eigenvalue weighted by molar-refractivity contribution is -0.156. The van der Waals surface area contributed by atoms with Gasteiger partial charge in [0.25, 0.3) is 0 Å². The maximum absolute atomic E-state index is 13.3. The molecule has 0 bridgehead atoms. The van der Waals surface area contributed by atoms with Crippen LogP contribution in [-0.2, 0) is 30.4 Å². The number of carbonyl (C=O) groups excluding carboxylic acids is 4. The minimum Gasteiger partial charge on any atom is -0.463 e. The van der Waals surface area contributed by atoms with E-state index in [9.17, 15) is 19.2 Å². The van der Waals surface area contributed by atoms with E-state index in [0.717, 1.165) is 5.56 Å². The summed E-state index contributed by atoms with van der Waals surface area (Å²) in [6.07, 6.45) is -0.144. The van der Waals surface area contributed by atoms with Gasteiger partial charge in [-0.05, 0) is 39.2 Å². The highest BCUT2D eigenvalue weighted by atomic mass is 16.6. The van der Waals surface area contributed by atoms with Gasteiger partial charge < -0.3 is 25.0 Å². The largest absolute Gasteiger partial charge is 0.463 e. The second kappa shape index (κ2) is 9.36. The molecule has 2 heterocycles. The van der Waals surface area contributed by atoms with E-state index in [4.69, 9.17) is 9.47 Å². The first-order valence-electron chi connectivity index (χ1n) is 10.4. The zero-order valence-electron chi connectivity index (χ0n) is 18.1. The lowest BCUT2D eigenvalue weighted by Crippen LogP contribution is -2.58. The van der Waals surface area contributed by atoms with Crippen molar-refractivity contribution in [2.24, 2.45) is 0 Å². The summed E-state index contributed by atoms with van der Waals surface area (Å²) >= 11 is 0. The molecule has 1 aromatic carbocycles. The minimum atomic E-state index is -1.16. The van der Waals surface area contributed by atoms with Gasteiger partial charge in [-0.3, -0.25) is 14.4 Å². The van der Waals surface area contributed by atoms with Crippen molar-refractivity contribution in [2.45, 2.75) is 70.3 Å². The highest BCUT2D eigenvalue weighted by Gasteiger charge is 2.45. The lowest BCUT2D eigenvalue weighted by atomic mass is 10.1. The van der Waals surface area contributed by atoms with Crippen LogP contribution in [0.25, 0.3) is 0 Å². The highest BCUT2D eigenvalue weighted by Crippen LogP contribution is 2.28. The number of nitrogens with one attached hydrogen (secondary N) is 2. The summed E-state index contributed by atoms with van der Waals surface area (Å²) < 4.78 is 10.5. The van der Waals surface area contributed by atoms with Gasteiger partial charge in [-0.25, -0.2) is 4.79 Å². The van der Waals surface area contributed by atoms with E-state index in [1.165, 1.54) is 4.90 Å². The Morgan fingerprint density at radius 3 is 2.55 bits per heavy atom. The van der Waals surface area contributed by atoms with E-state index in [1.807, 2.05) is 30.3 Å². The third-order valence-electron chi connectivity index (χ3n) is 5.17. The predicted octanol–water partition coefficient (Wildman–Crippen LogP) is 1.50. The predicted molar refractivity (Wildman–Crippen MR) is 111 cm³/mol. The molecule has 0 unspecified atom stereocenters. The number of ether oxygens (including phenoxy) is 2. The van der Waals surface area contributed by atoms with E-state index in [-0.39, 0.29) is 18.9 Å². The fourth-order valence-corrected chi connectivity index (χ4v) is 3.78. The van der Waals surface area contributed by atoms with Crippen molar-refractivity contribution in [3.05, 3.63) is 35.9 Å². The van der Waals surface area contributed by atoms with E-state index in [0.29, 0.717) is 19.4 Å². The Morgan fingerprint density at radius 2 is 1.87 bits per heavy atom. The lowest BCUT2D eigenvalue weighted by Gasteiger charge is -2.34. The second-order valence-corrected chi connectivity index (χ2v) is 8.78. The van der Waals surface area contributed by atoms with E-state index < -0.39 is 41.7 Å². The zero-order chi connectivity index (χ0) is 22.6. The molecule has 0 spiro atoms. The molecule has 2 aliphatic heterocycles. The molecule has 1 aromatic rings. The molecule has 0 radical (unpaired) electrons. The van der Waals surface area contributed by atoms with E-state index >= 15 is 0 Å². The molecule has 168 valence electrons. The molecule has 3 rings (SSSR count). The van der Waals surface area contributed by atoms with Gasteiger partial charge in [0.05, 0.1) is 12.5 Å². The van der Waals surface area contributed by atoms with Crippen molar-refractivity contribution in [3.8, 4) is 0 Å². The van der Waals surface area contributed by atoms with Crippen LogP contribution in [0, 0.1) is 0 Å². The van der Waals surface area contributed by atoms with Gasteiger partial charge in [-0.1, -0.05) is 30.3 Å². The zero-order valence-corrected chi connectivity index (χ0v) is 18.1. The first kappa shape index (κ1) is 22.6. The Hall–Kier alpha value is -3.10. The molecule has 9 heteroatoms. The van der Waals surface area contributed by atoms with Gasteiger partial charge in [0, 0.05) is 6.54 Å². The molecule has 31 heavy (non-hydrogen) atoms. The molecule has 2 fully saturated rings. The molecule has 3 amide bonds. The van der Waals surface area contributed by atoms with Crippen molar-refractivity contribution < 1.29 is 28.7 Å². The number of esters is 1. The number of nitrogens with zero attached hydrogens (tertiary/aromatic N) is 1. The number of benzene rings is 1. The van der Waals surface area contributed by atoms with Crippen molar-refractivity contribution in [3.63, 3.8) is 0 Å². The van der Waals surface area contributed by atoms with Crippen molar-refractivity contribution >= 4 is 23.9 Å². The van der Waals surface area contributed by atoms with Gasteiger partial charge >= 0.3 is 12.1 Å². The van der Waals surface area contributed by atoms with Crippen LogP contribution < -0.4 is 10.6 Å². The average molecular weight is 431 g/mol. The molecule has 0 saturated carbocycles. The number of hydrogen-bond donors (Lipinski definition) is 2. The van der Waals surface area contributed by atoms with Crippen molar-refractivity contribution in [2.75, 3.05) is 6.61 Å². The molecule has 0 aromatic heterocycles. The number of hydrogen-bond acceptors (Lipinski definition) is 6. The average Bonchev–Trinajstić information content (AvgIpc) is 3.11. The molecule has 3 atom stereocenters. The number of fused-ring (bicyclic) bond motifs is 1. The molecule has 2 N–H and O–H groups in total. The van der Waals surface area contributed by atoms with Gasteiger partial charge in [0.15, 0.2) is 0 Å². The van der Waals surface area contributed by atoms with E-state index in [2.05, 4.69) is 10.6 Å². The van der Waals surface area contributed by atoms with Crippen LogP contribution in [0.1, 0.15) is 45.6 Å². The summed E-state index contributed by atoms with van der Waals surface area (Å²) in [5.41, 5.74) is 0.188. The summed E-state index contributed by atoms with van der Waals surface area (Å²) in [6, 6.07) is 7.20. The number of rotatable bonds is 4. The SMILES string of the molecule is CC(C)(C)OC(=O)N[C@H]1CC(=O)OC[C@H]2CC[C@H](C(=O)NCc3ccccc3)N2C1=O. The smallest absolute Gasteiger partial charge is 0.408 e. The monoisotopic (exact) mass is 431 g/mol. The van der Waals surface area contributed by atoms with Crippen LogP contribution in [0.5, 0.6) is 0 Å². The van der Waals surface area contributed by atoms with Gasteiger partial charge in [0.2, 0.25) is 11.8 Å². The van der Waals surface area contributed by atoms with Gasteiger partial charge in [-0.15, -0.1) is 0 Å². The van der Waals surface area contributed by atoms with Crippen LogP contribution in [0.3, 0.4) is 0 Å². The van der Waals surface area contributed by atoms with Crippen LogP contribution in [0.15, 0.2) is 30.3 Å². The summed E-state index contributed by atoms with van der Waals surface area (Å²) in [5, 5.41) is 5.34. The maximum Gasteiger partial charge on any atom is 0.408 e. The molecular formula is C22H29N3O6. The van der Waals surface area contributed by atoms with E-state index in [1.54, 1.807) is 20.8 Å². The molecule has 0 aliphatic carbocycles. The summed E-state index contributed by atoms with van der Waals surface area (Å²) in [6.45, 7) is 5.48. The van der Waals surface area contributed by atoms with Crippen LogP contribution in [0.4, 0.5) is 4.79 Å². The molecule has 2 saturated heterocycles. The molecule has 2 aliphatic rings. The Labute approximate surface area is 181 Å². The molecular weight excluding hydrogens is 402 g/mol. The second-order valence-electron chi connectivity index (χ2n) is 8.78. The Morgan fingerprint density at radius 1 is 1.16 bits per heavy atom.